The van der Waals surface area contributed by atoms with Gasteiger partial charge in [0.05, 0.1) is 12.2 Å². The number of nitrogens with one attached hydrogen (secondary N) is 1. The summed E-state index contributed by atoms with van der Waals surface area (Å²) in [5, 5.41) is 2.65. The zero-order valence-corrected chi connectivity index (χ0v) is 14.4. The molecule has 0 aliphatic carbocycles. The van der Waals surface area contributed by atoms with Crippen LogP contribution in [0.2, 0.25) is 0 Å². The lowest BCUT2D eigenvalue weighted by molar-refractivity contribution is -0.137. The summed E-state index contributed by atoms with van der Waals surface area (Å²) in [5.74, 6) is 0.0640. The second-order valence-corrected chi connectivity index (χ2v) is 5.67. The van der Waals surface area contributed by atoms with Gasteiger partial charge in [-0.2, -0.15) is 13.2 Å². The Hall–Kier alpha value is -2.77. The van der Waals surface area contributed by atoms with E-state index in [0.717, 1.165) is 12.1 Å². The monoisotopic (exact) mass is 385 g/mol. The summed E-state index contributed by atoms with van der Waals surface area (Å²) >= 11 is 0. The standard InChI is InChI=1S/C19H19F4NO3/c20-15-5-9-16(10-6-15)26-12-2-1-11-24-18(25)13-27-17-7-3-14(4-8-17)19(21,22)23/h3-10H,1-2,11-13H2,(H,24,25). The summed E-state index contributed by atoms with van der Waals surface area (Å²) in [4.78, 5) is 11.6. The van der Waals surface area contributed by atoms with Crippen molar-refractivity contribution < 1.29 is 31.8 Å². The van der Waals surface area contributed by atoms with Crippen LogP contribution in [0.3, 0.4) is 0 Å². The molecule has 0 aliphatic heterocycles. The minimum absolute atomic E-state index is 0.186. The largest absolute Gasteiger partial charge is 0.494 e. The Kier molecular flexibility index (Phi) is 7.45. The average Bonchev–Trinajstić information content (AvgIpc) is 2.64. The van der Waals surface area contributed by atoms with Crippen LogP contribution < -0.4 is 14.8 Å². The summed E-state index contributed by atoms with van der Waals surface area (Å²) in [6.45, 7) is 0.572. The predicted octanol–water partition coefficient (Wildman–Crippen LogP) is 4.20. The number of alkyl halides is 3. The number of hydrogen-bond donors (Lipinski definition) is 1. The van der Waals surface area contributed by atoms with Gasteiger partial charge in [-0.1, -0.05) is 0 Å². The summed E-state index contributed by atoms with van der Waals surface area (Å²) in [6, 6.07) is 9.83. The maximum absolute atomic E-state index is 12.7. The fraction of sp³-hybridized carbons (Fsp3) is 0.316. The molecule has 4 nitrogen and oxygen atoms in total. The maximum atomic E-state index is 12.7. The van der Waals surface area contributed by atoms with Crippen LogP contribution in [0.15, 0.2) is 48.5 Å². The van der Waals surface area contributed by atoms with Gasteiger partial charge in [-0.05, 0) is 61.4 Å². The molecular formula is C19H19F4NO3. The van der Waals surface area contributed by atoms with Gasteiger partial charge in [0.2, 0.25) is 0 Å². The Labute approximate surface area is 154 Å². The number of benzene rings is 2. The fourth-order valence-electron chi connectivity index (χ4n) is 2.12. The molecule has 2 aromatic carbocycles. The van der Waals surface area contributed by atoms with Crippen LogP contribution in [0.4, 0.5) is 17.6 Å². The first-order chi connectivity index (χ1) is 12.8. The molecule has 0 saturated carbocycles. The summed E-state index contributed by atoms with van der Waals surface area (Å²) in [5.41, 5.74) is -0.776. The van der Waals surface area contributed by atoms with Crippen LogP contribution in [-0.4, -0.2) is 25.7 Å². The van der Waals surface area contributed by atoms with E-state index < -0.39 is 11.7 Å². The number of carbonyl (C=O) groups is 1. The van der Waals surface area contributed by atoms with Gasteiger partial charge < -0.3 is 14.8 Å². The number of unbranched alkanes of at least 4 members (excludes halogenated alkanes) is 1. The van der Waals surface area contributed by atoms with Gasteiger partial charge in [-0.25, -0.2) is 4.39 Å². The zero-order chi connectivity index (χ0) is 19.7. The molecule has 0 spiro atoms. The molecule has 8 heteroatoms. The first-order valence-corrected chi connectivity index (χ1v) is 8.30. The highest BCUT2D eigenvalue weighted by molar-refractivity contribution is 5.77. The molecule has 0 radical (unpaired) electrons. The fourth-order valence-corrected chi connectivity index (χ4v) is 2.12. The van der Waals surface area contributed by atoms with Crippen LogP contribution in [-0.2, 0) is 11.0 Å². The molecule has 0 saturated heterocycles. The first kappa shape index (κ1) is 20.5. The molecule has 146 valence electrons. The van der Waals surface area contributed by atoms with Gasteiger partial charge in [0.25, 0.3) is 5.91 Å². The SMILES string of the molecule is O=C(COc1ccc(C(F)(F)F)cc1)NCCCCOc1ccc(F)cc1. The topological polar surface area (TPSA) is 47.6 Å². The van der Waals surface area contributed by atoms with Crippen molar-refractivity contribution in [3.05, 3.63) is 59.9 Å². The molecule has 0 unspecified atom stereocenters. The Morgan fingerprint density at radius 2 is 1.48 bits per heavy atom. The third-order valence-electron chi connectivity index (χ3n) is 3.53. The van der Waals surface area contributed by atoms with Crippen LogP contribution in [0.1, 0.15) is 18.4 Å². The summed E-state index contributed by atoms with van der Waals surface area (Å²) in [6.07, 6.45) is -3.04. The summed E-state index contributed by atoms with van der Waals surface area (Å²) in [7, 11) is 0. The van der Waals surface area contributed by atoms with Crippen molar-refractivity contribution in [1.82, 2.24) is 5.32 Å². The molecule has 0 aromatic heterocycles. The second kappa shape index (κ2) is 9.80. The van der Waals surface area contributed by atoms with Gasteiger partial charge in [-0.15, -0.1) is 0 Å². The van der Waals surface area contributed by atoms with Crippen LogP contribution >= 0.6 is 0 Å². The van der Waals surface area contributed by atoms with E-state index in [-0.39, 0.29) is 24.1 Å². The molecule has 1 N–H and O–H groups in total. The van der Waals surface area contributed by atoms with E-state index >= 15 is 0 Å². The Morgan fingerprint density at radius 1 is 0.889 bits per heavy atom. The summed E-state index contributed by atoms with van der Waals surface area (Å²) < 4.78 is 60.6. The van der Waals surface area contributed by atoms with Gasteiger partial charge in [0.1, 0.15) is 17.3 Å². The Morgan fingerprint density at radius 3 is 2.11 bits per heavy atom. The Bertz CT molecular complexity index is 715. The van der Waals surface area contributed by atoms with E-state index in [1.54, 1.807) is 0 Å². The molecule has 1 amide bonds. The molecule has 0 aliphatic rings. The smallest absolute Gasteiger partial charge is 0.416 e. The highest BCUT2D eigenvalue weighted by atomic mass is 19.4. The number of carbonyl (C=O) groups excluding carboxylic acids is 1. The third-order valence-corrected chi connectivity index (χ3v) is 3.53. The molecule has 27 heavy (non-hydrogen) atoms. The number of rotatable bonds is 9. The zero-order valence-electron chi connectivity index (χ0n) is 14.4. The second-order valence-electron chi connectivity index (χ2n) is 5.67. The molecule has 2 aromatic rings. The van der Waals surface area contributed by atoms with Crippen LogP contribution in [0.25, 0.3) is 0 Å². The van der Waals surface area contributed by atoms with Crippen LogP contribution in [0, 0.1) is 5.82 Å². The van der Waals surface area contributed by atoms with Crippen molar-refractivity contribution in [2.75, 3.05) is 19.8 Å². The first-order valence-electron chi connectivity index (χ1n) is 8.30. The molecule has 0 atom stereocenters. The number of halogens is 4. The predicted molar refractivity (Wildman–Crippen MR) is 91.1 cm³/mol. The van der Waals surface area contributed by atoms with Gasteiger partial charge in [-0.3, -0.25) is 4.79 Å². The quantitative estimate of drug-likeness (QED) is 0.520. The van der Waals surface area contributed by atoms with E-state index in [9.17, 15) is 22.4 Å². The van der Waals surface area contributed by atoms with Crippen molar-refractivity contribution in [2.24, 2.45) is 0 Å². The molecule has 0 fully saturated rings. The molecular weight excluding hydrogens is 366 g/mol. The lowest BCUT2D eigenvalue weighted by Gasteiger charge is -2.10. The minimum atomic E-state index is -4.41. The van der Waals surface area contributed by atoms with Crippen molar-refractivity contribution >= 4 is 5.91 Å². The van der Waals surface area contributed by atoms with E-state index in [1.165, 1.54) is 36.4 Å². The number of amides is 1. The van der Waals surface area contributed by atoms with Gasteiger partial charge in [0, 0.05) is 6.54 Å². The third kappa shape index (κ3) is 7.55. The van der Waals surface area contributed by atoms with E-state index in [0.29, 0.717) is 31.7 Å². The number of ether oxygens (including phenoxy) is 2. The highest BCUT2D eigenvalue weighted by Crippen LogP contribution is 2.30. The van der Waals surface area contributed by atoms with Crippen molar-refractivity contribution in [1.29, 1.82) is 0 Å². The van der Waals surface area contributed by atoms with Crippen LogP contribution in [0.5, 0.6) is 11.5 Å². The molecule has 0 bridgehead atoms. The van der Waals surface area contributed by atoms with E-state index in [2.05, 4.69) is 5.32 Å². The highest BCUT2D eigenvalue weighted by Gasteiger charge is 2.30. The maximum Gasteiger partial charge on any atom is 0.416 e. The van der Waals surface area contributed by atoms with Gasteiger partial charge >= 0.3 is 6.18 Å². The normalized spacial score (nSPS) is 11.1. The van der Waals surface area contributed by atoms with E-state index in [4.69, 9.17) is 9.47 Å². The van der Waals surface area contributed by atoms with Crippen molar-refractivity contribution in [3.8, 4) is 11.5 Å². The lowest BCUT2D eigenvalue weighted by Crippen LogP contribution is -2.29. The molecule has 0 heterocycles. The van der Waals surface area contributed by atoms with Crippen molar-refractivity contribution in [2.45, 2.75) is 19.0 Å². The lowest BCUT2D eigenvalue weighted by atomic mass is 10.2. The van der Waals surface area contributed by atoms with Gasteiger partial charge in [0.15, 0.2) is 6.61 Å². The average molecular weight is 385 g/mol. The van der Waals surface area contributed by atoms with E-state index in [1.807, 2.05) is 0 Å². The number of hydrogen-bond acceptors (Lipinski definition) is 3. The Balaban J connectivity index is 1.56. The van der Waals surface area contributed by atoms with Crippen molar-refractivity contribution in [3.63, 3.8) is 0 Å². The molecule has 2 rings (SSSR count). The minimum Gasteiger partial charge on any atom is -0.494 e.